The molecule has 0 radical (unpaired) electrons. The number of benzene rings is 1. The normalized spacial score (nSPS) is 24.8. The maximum atomic E-state index is 12.6. The molecule has 2 atom stereocenters. The van der Waals surface area contributed by atoms with Crippen molar-refractivity contribution in [3.05, 3.63) is 47.7 Å². The Hall–Kier alpha value is -1.81. The fourth-order valence-corrected chi connectivity index (χ4v) is 3.71. The Morgan fingerprint density at radius 3 is 2.79 bits per heavy atom. The van der Waals surface area contributed by atoms with Crippen LogP contribution in [0.2, 0.25) is 0 Å². The van der Waals surface area contributed by atoms with Gasteiger partial charge in [0.2, 0.25) is 0 Å². The van der Waals surface area contributed by atoms with Gasteiger partial charge in [0.05, 0.1) is 18.4 Å². The molecule has 0 unspecified atom stereocenters. The van der Waals surface area contributed by atoms with E-state index < -0.39 is 0 Å². The summed E-state index contributed by atoms with van der Waals surface area (Å²) < 4.78 is 5.33. The van der Waals surface area contributed by atoms with Gasteiger partial charge in [0.15, 0.2) is 0 Å². The monoisotopic (exact) mass is 328 g/mol. The number of piperidine rings is 1. The minimum Gasteiger partial charge on any atom is -0.501 e. The van der Waals surface area contributed by atoms with Crippen LogP contribution in [0.25, 0.3) is 0 Å². The second-order valence-electron chi connectivity index (χ2n) is 7.02. The molecular formula is C20H28N2O2. The number of rotatable bonds is 4. The number of ether oxygens (including phenoxy) is 1. The van der Waals surface area contributed by atoms with Crippen LogP contribution in [0.15, 0.2) is 42.2 Å². The van der Waals surface area contributed by atoms with Crippen molar-refractivity contribution in [2.75, 3.05) is 20.2 Å². The lowest BCUT2D eigenvalue weighted by Crippen LogP contribution is -2.49. The highest BCUT2D eigenvalue weighted by Crippen LogP contribution is 2.25. The van der Waals surface area contributed by atoms with Crippen LogP contribution in [-0.2, 0) is 16.1 Å². The lowest BCUT2D eigenvalue weighted by atomic mass is 9.95. The van der Waals surface area contributed by atoms with Gasteiger partial charge in [-0.1, -0.05) is 30.3 Å². The number of likely N-dealkylation sites (N-methyl/N-ethyl adjacent to an activating group) is 1. The molecule has 3 rings (SSSR count). The zero-order valence-corrected chi connectivity index (χ0v) is 14.8. The van der Waals surface area contributed by atoms with E-state index in [0.717, 1.165) is 51.0 Å². The molecule has 1 aromatic rings. The van der Waals surface area contributed by atoms with Gasteiger partial charge in [0, 0.05) is 32.2 Å². The van der Waals surface area contributed by atoms with E-state index >= 15 is 0 Å². The van der Waals surface area contributed by atoms with Gasteiger partial charge >= 0.3 is 0 Å². The van der Waals surface area contributed by atoms with Crippen molar-refractivity contribution in [1.29, 1.82) is 0 Å². The Morgan fingerprint density at radius 2 is 2.12 bits per heavy atom. The van der Waals surface area contributed by atoms with Crippen LogP contribution in [0.5, 0.6) is 0 Å². The summed E-state index contributed by atoms with van der Waals surface area (Å²) in [4.78, 5) is 17.1. The number of hydrogen-bond acceptors (Lipinski definition) is 3. The Labute approximate surface area is 145 Å². The predicted octanol–water partition coefficient (Wildman–Crippen LogP) is 3.19. The third kappa shape index (κ3) is 3.99. The summed E-state index contributed by atoms with van der Waals surface area (Å²) in [7, 11) is 1.95. The molecular weight excluding hydrogens is 300 g/mol. The van der Waals surface area contributed by atoms with Gasteiger partial charge in [0.25, 0.3) is 5.91 Å². The van der Waals surface area contributed by atoms with Crippen molar-refractivity contribution in [1.82, 2.24) is 9.80 Å². The van der Waals surface area contributed by atoms with E-state index in [9.17, 15) is 4.79 Å². The van der Waals surface area contributed by atoms with Crippen LogP contribution in [0.4, 0.5) is 0 Å². The van der Waals surface area contributed by atoms with Gasteiger partial charge in [-0.3, -0.25) is 9.69 Å². The van der Waals surface area contributed by atoms with Crippen LogP contribution in [-0.4, -0.2) is 48.0 Å². The van der Waals surface area contributed by atoms with Gasteiger partial charge in [0.1, 0.15) is 0 Å². The average Bonchev–Trinajstić information content (AvgIpc) is 2.64. The van der Waals surface area contributed by atoms with Gasteiger partial charge in [-0.2, -0.15) is 0 Å². The number of amides is 1. The van der Waals surface area contributed by atoms with Crippen molar-refractivity contribution in [2.24, 2.45) is 0 Å². The first-order valence-electron chi connectivity index (χ1n) is 9.01. The van der Waals surface area contributed by atoms with Crippen LogP contribution >= 0.6 is 0 Å². The first kappa shape index (κ1) is 17.0. The molecule has 0 aromatic heterocycles. The van der Waals surface area contributed by atoms with Crippen molar-refractivity contribution in [3.63, 3.8) is 0 Å². The smallest absolute Gasteiger partial charge is 0.252 e. The topological polar surface area (TPSA) is 32.8 Å². The second-order valence-corrected chi connectivity index (χ2v) is 7.02. The van der Waals surface area contributed by atoms with Crippen LogP contribution in [0.1, 0.15) is 38.2 Å². The van der Waals surface area contributed by atoms with Crippen molar-refractivity contribution < 1.29 is 9.53 Å². The summed E-state index contributed by atoms with van der Waals surface area (Å²) >= 11 is 0. The summed E-state index contributed by atoms with van der Waals surface area (Å²) in [5.41, 5.74) is 2.18. The Morgan fingerprint density at radius 1 is 1.33 bits per heavy atom. The summed E-state index contributed by atoms with van der Waals surface area (Å²) in [6.07, 6.45) is 5.51. The zero-order chi connectivity index (χ0) is 16.9. The van der Waals surface area contributed by atoms with Crippen LogP contribution in [0, 0.1) is 0 Å². The maximum absolute atomic E-state index is 12.6. The van der Waals surface area contributed by atoms with Crippen LogP contribution < -0.4 is 0 Å². The Balaban J connectivity index is 1.56. The van der Waals surface area contributed by atoms with E-state index in [1.54, 1.807) is 6.26 Å². The molecule has 1 fully saturated rings. The lowest BCUT2D eigenvalue weighted by molar-refractivity contribution is -0.129. The molecule has 1 amide bonds. The SMILES string of the molecule is C[C@H]1C[C@H](N(C)C(=O)C2=COCCC2)CCN1Cc1ccccc1. The molecule has 4 heteroatoms. The van der Waals surface area contributed by atoms with Gasteiger partial charge in [-0.15, -0.1) is 0 Å². The molecule has 0 bridgehead atoms. The molecule has 0 N–H and O–H groups in total. The van der Waals surface area contributed by atoms with Crippen LogP contribution in [0.3, 0.4) is 0 Å². The average molecular weight is 328 g/mol. The number of carbonyl (C=O) groups excluding carboxylic acids is 1. The number of likely N-dealkylation sites (tertiary alicyclic amines) is 1. The first-order chi connectivity index (χ1) is 11.6. The Bertz CT molecular complexity index is 585. The van der Waals surface area contributed by atoms with Gasteiger partial charge in [-0.25, -0.2) is 0 Å². The van der Waals surface area contributed by atoms with E-state index in [1.807, 2.05) is 11.9 Å². The molecule has 0 spiro atoms. The van der Waals surface area contributed by atoms with Crippen molar-refractivity contribution in [2.45, 2.75) is 51.2 Å². The third-order valence-electron chi connectivity index (χ3n) is 5.29. The van der Waals surface area contributed by atoms with Crippen molar-refractivity contribution >= 4 is 5.91 Å². The predicted molar refractivity (Wildman–Crippen MR) is 95.4 cm³/mol. The van der Waals surface area contributed by atoms with Gasteiger partial charge in [-0.05, 0) is 38.2 Å². The molecule has 130 valence electrons. The highest BCUT2D eigenvalue weighted by molar-refractivity contribution is 5.93. The minimum absolute atomic E-state index is 0.142. The largest absolute Gasteiger partial charge is 0.501 e. The molecule has 0 saturated carbocycles. The zero-order valence-electron chi connectivity index (χ0n) is 14.8. The molecule has 1 saturated heterocycles. The van der Waals surface area contributed by atoms with E-state index in [-0.39, 0.29) is 5.91 Å². The van der Waals surface area contributed by atoms with E-state index in [4.69, 9.17) is 4.74 Å². The van der Waals surface area contributed by atoms with E-state index in [2.05, 4.69) is 42.2 Å². The molecule has 2 aliphatic heterocycles. The summed E-state index contributed by atoms with van der Waals surface area (Å²) in [5, 5.41) is 0. The summed E-state index contributed by atoms with van der Waals surface area (Å²) in [5.74, 6) is 0.142. The summed E-state index contributed by atoms with van der Waals surface area (Å²) in [6.45, 7) is 5.03. The lowest BCUT2D eigenvalue weighted by Gasteiger charge is -2.41. The highest BCUT2D eigenvalue weighted by atomic mass is 16.5. The quantitative estimate of drug-likeness (QED) is 0.851. The third-order valence-corrected chi connectivity index (χ3v) is 5.29. The van der Waals surface area contributed by atoms with E-state index in [0.29, 0.717) is 12.1 Å². The maximum Gasteiger partial charge on any atom is 0.252 e. The molecule has 0 aliphatic carbocycles. The summed E-state index contributed by atoms with van der Waals surface area (Å²) in [6, 6.07) is 11.4. The highest BCUT2D eigenvalue weighted by Gasteiger charge is 2.31. The fourth-order valence-electron chi connectivity index (χ4n) is 3.71. The molecule has 24 heavy (non-hydrogen) atoms. The number of hydrogen-bond donors (Lipinski definition) is 0. The molecule has 4 nitrogen and oxygen atoms in total. The molecule has 2 aliphatic rings. The number of nitrogens with zero attached hydrogens (tertiary/aromatic N) is 2. The first-order valence-corrected chi connectivity index (χ1v) is 9.01. The van der Waals surface area contributed by atoms with Crippen molar-refractivity contribution in [3.8, 4) is 0 Å². The standard InChI is InChI=1S/C20H28N2O2/c1-16-13-19(21(2)20(23)18-9-6-12-24-15-18)10-11-22(16)14-17-7-4-3-5-8-17/h3-5,7-8,15-16,19H,6,9-14H2,1-2H3/t16-,19+/m0/s1. The molecule has 1 aromatic carbocycles. The second kappa shape index (κ2) is 7.84. The molecule has 2 heterocycles. The van der Waals surface area contributed by atoms with E-state index in [1.165, 1.54) is 5.56 Å². The van der Waals surface area contributed by atoms with Gasteiger partial charge < -0.3 is 9.64 Å². The fraction of sp³-hybridized carbons (Fsp3) is 0.550. The minimum atomic E-state index is 0.142. The Kier molecular flexibility index (Phi) is 5.56. The number of carbonyl (C=O) groups is 1.